The lowest BCUT2D eigenvalue weighted by Crippen LogP contribution is -2.52. The minimum Gasteiger partial charge on any atom is -0.350 e. The number of carbonyl (C=O) groups excluding carboxylic acids is 2. The summed E-state index contributed by atoms with van der Waals surface area (Å²) >= 11 is 0. The van der Waals surface area contributed by atoms with E-state index in [2.05, 4.69) is 84.2 Å². The number of aromatic nitrogens is 4. The summed E-state index contributed by atoms with van der Waals surface area (Å²) < 4.78 is 0. The van der Waals surface area contributed by atoms with Gasteiger partial charge >= 0.3 is 0 Å². The Morgan fingerprint density at radius 3 is 2.36 bits per heavy atom. The Morgan fingerprint density at radius 1 is 1.09 bits per heavy atom. The molecule has 2 amide bonds. The molecule has 0 bridgehead atoms. The molecule has 1 aromatic heterocycles. The number of rotatable bonds is 8. The van der Waals surface area contributed by atoms with Gasteiger partial charge < -0.3 is 15.1 Å². The van der Waals surface area contributed by atoms with E-state index in [4.69, 9.17) is 4.99 Å². The van der Waals surface area contributed by atoms with E-state index in [1.165, 1.54) is 0 Å². The zero-order valence-corrected chi connectivity index (χ0v) is 27.8. The van der Waals surface area contributed by atoms with Crippen molar-refractivity contribution in [3.05, 3.63) is 41.2 Å². The molecular weight excluding hydrogens is 552 g/mol. The molecule has 2 fully saturated rings. The Kier molecular flexibility index (Phi) is 9.19. The topological polar surface area (TPSA) is 119 Å². The minimum atomic E-state index is -0.524. The Morgan fingerprint density at radius 2 is 1.80 bits per heavy atom. The van der Waals surface area contributed by atoms with Crippen molar-refractivity contribution < 1.29 is 9.59 Å². The van der Waals surface area contributed by atoms with E-state index >= 15 is 0 Å². The fraction of sp³-hybridized carbons (Fsp3) is 0.706. The highest BCUT2D eigenvalue weighted by Crippen LogP contribution is 2.50. The van der Waals surface area contributed by atoms with Crippen LogP contribution in [0.15, 0.2) is 29.3 Å². The zero-order chi connectivity index (χ0) is 31.7. The monoisotopic (exact) mass is 604 g/mol. The first-order valence-electron chi connectivity index (χ1n) is 16.6. The van der Waals surface area contributed by atoms with E-state index < -0.39 is 5.66 Å². The number of likely N-dealkylation sites (tertiary alicyclic amines) is 1. The fourth-order valence-electron chi connectivity index (χ4n) is 7.41. The van der Waals surface area contributed by atoms with Crippen LogP contribution in [0.25, 0.3) is 0 Å². The van der Waals surface area contributed by atoms with Crippen LogP contribution in [0.1, 0.15) is 134 Å². The van der Waals surface area contributed by atoms with Crippen molar-refractivity contribution in [3.8, 4) is 0 Å². The Labute approximate surface area is 262 Å². The molecule has 5 rings (SSSR count). The second kappa shape index (κ2) is 12.6. The molecule has 1 unspecified atom stereocenters. The van der Waals surface area contributed by atoms with Gasteiger partial charge in [0.1, 0.15) is 5.66 Å². The Bertz CT molecular complexity index is 1310. The summed E-state index contributed by atoms with van der Waals surface area (Å²) in [5, 5.41) is 16.6. The maximum absolute atomic E-state index is 14.6. The molecule has 3 aliphatic rings. The molecule has 44 heavy (non-hydrogen) atoms. The molecule has 1 spiro atoms. The number of amidine groups is 1. The molecule has 10 nitrogen and oxygen atoms in total. The summed E-state index contributed by atoms with van der Waals surface area (Å²) in [7, 11) is 0. The van der Waals surface area contributed by atoms with E-state index in [1.807, 2.05) is 24.3 Å². The molecule has 1 saturated carbocycles. The molecule has 1 aromatic carbocycles. The van der Waals surface area contributed by atoms with Crippen molar-refractivity contribution in [1.29, 1.82) is 0 Å². The van der Waals surface area contributed by atoms with Crippen molar-refractivity contribution >= 4 is 17.6 Å². The van der Waals surface area contributed by atoms with Gasteiger partial charge in [-0.25, -0.2) is 4.99 Å². The molecule has 10 heteroatoms. The number of hydrogen-bond acceptors (Lipinski definition) is 7. The SMILES string of the molecule is CC1CCCN1C1=NC2(CCC(C(C)(C)C)CC2)N([C@H](CCCC(C)(C)C)c2ccc(C(=O)NCc3nn[nH]n3)cc2)C1=O. The average molecular weight is 605 g/mol. The number of hydrogen-bond donors (Lipinski definition) is 2. The highest BCUT2D eigenvalue weighted by molar-refractivity contribution is 6.39. The van der Waals surface area contributed by atoms with Crippen molar-refractivity contribution in [2.24, 2.45) is 21.7 Å². The lowest BCUT2D eigenvalue weighted by atomic mass is 9.69. The van der Waals surface area contributed by atoms with Crippen LogP contribution in [-0.4, -0.2) is 66.3 Å². The first-order valence-corrected chi connectivity index (χ1v) is 16.6. The van der Waals surface area contributed by atoms with Crippen LogP contribution in [0.5, 0.6) is 0 Å². The van der Waals surface area contributed by atoms with Gasteiger partial charge in [0.25, 0.3) is 11.8 Å². The number of nitrogens with one attached hydrogen (secondary N) is 2. The van der Waals surface area contributed by atoms with Crippen molar-refractivity contribution in [2.45, 2.75) is 131 Å². The molecule has 2 aromatic rings. The lowest BCUT2D eigenvalue weighted by molar-refractivity contribution is -0.134. The summed E-state index contributed by atoms with van der Waals surface area (Å²) in [5.41, 5.74) is 1.53. The zero-order valence-electron chi connectivity index (χ0n) is 27.8. The highest BCUT2D eigenvalue weighted by atomic mass is 16.2. The van der Waals surface area contributed by atoms with Gasteiger partial charge in [-0.05, 0) is 92.7 Å². The van der Waals surface area contributed by atoms with Gasteiger partial charge in [0, 0.05) is 18.2 Å². The van der Waals surface area contributed by atoms with E-state index in [-0.39, 0.29) is 35.2 Å². The van der Waals surface area contributed by atoms with Crippen LogP contribution in [0.3, 0.4) is 0 Å². The fourth-order valence-corrected chi connectivity index (χ4v) is 7.41. The van der Waals surface area contributed by atoms with Crippen molar-refractivity contribution in [2.75, 3.05) is 6.54 Å². The number of aliphatic imine (C=N–C) groups is 1. The van der Waals surface area contributed by atoms with E-state index in [9.17, 15) is 9.59 Å². The smallest absolute Gasteiger partial charge is 0.291 e. The molecular formula is C34H52N8O2. The molecule has 1 saturated heterocycles. The summed E-state index contributed by atoms with van der Waals surface area (Å²) in [4.78, 5) is 37.4. The van der Waals surface area contributed by atoms with Crippen molar-refractivity contribution in [1.82, 2.24) is 35.7 Å². The number of benzene rings is 1. The van der Waals surface area contributed by atoms with Gasteiger partial charge in [-0.15, -0.1) is 10.2 Å². The third-order valence-corrected chi connectivity index (χ3v) is 10.1. The summed E-state index contributed by atoms with van der Waals surface area (Å²) in [5.74, 6) is 1.59. The standard InChI is InChI=1S/C34H52N8O2/c1-23-10-9-21-41(23)29-31(44)42(34(36-29)19-16-26(17-20-34)33(5,6)7)27(11-8-18-32(2,3)4)24-12-14-25(15-13-24)30(43)35-22-28-37-39-40-38-28/h12-15,23,26-27H,8-11,16-22H2,1-7H3,(H,35,43)(H,37,38,39,40)/t23?,26?,27-,34?/m1/s1. The summed E-state index contributed by atoms with van der Waals surface area (Å²) in [6.07, 6.45) is 9.02. The van der Waals surface area contributed by atoms with Crippen molar-refractivity contribution in [3.63, 3.8) is 0 Å². The Hall–Kier alpha value is -3.30. The molecule has 2 aliphatic heterocycles. The van der Waals surface area contributed by atoms with Crippen LogP contribution < -0.4 is 5.32 Å². The number of aromatic amines is 1. The van der Waals surface area contributed by atoms with E-state index in [0.717, 1.165) is 69.9 Å². The van der Waals surface area contributed by atoms with Gasteiger partial charge in [-0.2, -0.15) is 5.21 Å². The van der Waals surface area contributed by atoms with E-state index in [0.29, 0.717) is 29.2 Å². The maximum Gasteiger partial charge on any atom is 0.291 e. The van der Waals surface area contributed by atoms with Crippen LogP contribution >= 0.6 is 0 Å². The van der Waals surface area contributed by atoms with Crippen LogP contribution in [0.4, 0.5) is 0 Å². The first-order chi connectivity index (χ1) is 20.8. The van der Waals surface area contributed by atoms with Gasteiger partial charge in [0.05, 0.1) is 12.6 Å². The average Bonchev–Trinajstić information content (AvgIpc) is 3.70. The van der Waals surface area contributed by atoms with Crippen LogP contribution in [0.2, 0.25) is 0 Å². The highest BCUT2D eigenvalue weighted by Gasteiger charge is 2.54. The van der Waals surface area contributed by atoms with Gasteiger partial charge in [0.2, 0.25) is 0 Å². The molecule has 3 heterocycles. The largest absolute Gasteiger partial charge is 0.350 e. The molecule has 2 atom stereocenters. The molecule has 0 radical (unpaired) electrons. The third kappa shape index (κ3) is 6.99. The number of H-pyrrole nitrogens is 1. The van der Waals surface area contributed by atoms with Gasteiger partial charge in [-0.1, -0.05) is 65.3 Å². The summed E-state index contributed by atoms with van der Waals surface area (Å²) in [6, 6.07) is 8.00. The Balaban J connectivity index is 1.45. The maximum atomic E-state index is 14.6. The van der Waals surface area contributed by atoms with Crippen LogP contribution in [-0.2, 0) is 11.3 Å². The number of nitrogens with zero attached hydrogens (tertiary/aromatic N) is 6. The molecule has 2 N–H and O–H groups in total. The predicted molar refractivity (Wildman–Crippen MR) is 172 cm³/mol. The minimum absolute atomic E-state index is 0.0793. The third-order valence-electron chi connectivity index (χ3n) is 10.1. The van der Waals surface area contributed by atoms with E-state index in [1.54, 1.807) is 0 Å². The summed E-state index contributed by atoms with van der Waals surface area (Å²) in [6.45, 7) is 17.1. The molecule has 1 aliphatic carbocycles. The van der Waals surface area contributed by atoms with Crippen LogP contribution in [0, 0.1) is 16.7 Å². The number of carbonyl (C=O) groups is 2. The van der Waals surface area contributed by atoms with Gasteiger partial charge in [-0.3, -0.25) is 9.59 Å². The van der Waals surface area contributed by atoms with Gasteiger partial charge in [0.15, 0.2) is 11.7 Å². The molecule has 240 valence electrons. The second-order valence-electron chi connectivity index (χ2n) is 15.5. The lowest BCUT2D eigenvalue weighted by Gasteiger charge is -2.47. The predicted octanol–water partition coefficient (Wildman–Crippen LogP) is 6.04. The quantitative estimate of drug-likeness (QED) is 0.379. The number of tetrazole rings is 1. The second-order valence-corrected chi connectivity index (χ2v) is 15.5. The number of amides is 2. The normalized spacial score (nSPS) is 25.1. The first kappa shape index (κ1) is 32.1.